The molecule has 0 spiro atoms. The number of carboxylic acids is 1. The standard InChI is InChI=1S/C27H31N3O5/c1-29(2)25-20-13-30(14-21(20)25)26(33)23(11-12-24(31)32)28-27(34)35-15-22-18-9-5-3-7-16(18)17-8-4-6-10-19(17)22/h3-10,20-23,25H,11-15H2,1-2H3,(H,28,34)(H,31,32). The summed E-state index contributed by atoms with van der Waals surface area (Å²) in [4.78, 5) is 41.0. The molecule has 3 atom stereocenters. The van der Waals surface area contributed by atoms with Crippen LogP contribution in [-0.2, 0) is 14.3 Å². The molecule has 184 valence electrons. The van der Waals surface area contributed by atoms with Gasteiger partial charge >= 0.3 is 12.1 Å². The first kappa shape index (κ1) is 23.4. The van der Waals surface area contributed by atoms with E-state index in [2.05, 4.69) is 22.3 Å². The highest BCUT2D eigenvalue weighted by Crippen LogP contribution is 2.48. The number of amides is 2. The Hall–Kier alpha value is -3.39. The molecular formula is C27H31N3O5. The van der Waals surface area contributed by atoms with Crippen molar-refractivity contribution >= 4 is 18.0 Å². The quantitative estimate of drug-likeness (QED) is 0.607. The van der Waals surface area contributed by atoms with Gasteiger partial charge in [0.15, 0.2) is 0 Å². The van der Waals surface area contributed by atoms with Crippen molar-refractivity contribution in [2.75, 3.05) is 33.8 Å². The van der Waals surface area contributed by atoms with Gasteiger partial charge in [0.05, 0.1) is 0 Å². The zero-order valence-electron chi connectivity index (χ0n) is 20.0. The molecule has 1 heterocycles. The van der Waals surface area contributed by atoms with Gasteiger partial charge in [-0.05, 0) is 54.6 Å². The first-order valence-corrected chi connectivity index (χ1v) is 12.1. The van der Waals surface area contributed by atoms with E-state index < -0.39 is 18.1 Å². The number of likely N-dealkylation sites (tertiary alicyclic amines) is 1. The lowest BCUT2D eigenvalue weighted by Gasteiger charge is -2.27. The normalized spacial score (nSPS) is 22.8. The van der Waals surface area contributed by atoms with Gasteiger partial charge in [-0.15, -0.1) is 0 Å². The molecule has 35 heavy (non-hydrogen) atoms. The molecule has 8 heteroatoms. The van der Waals surface area contributed by atoms with Crippen molar-refractivity contribution < 1.29 is 24.2 Å². The third-order valence-electron chi connectivity index (χ3n) is 7.64. The largest absolute Gasteiger partial charge is 0.481 e. The number of fused-ring (bicyclic) bond motifs is 4. The van der Waals surface area contributed by atoms with Crippen LogP contribution in [0.25, 0.3) is 11.1 Å². The number of rotatable bonds is 8. The van der Waals surface area contributed by atoms with Crippen molar-refractivity contribution in [3.63, 3.8) is 0 Å². The van der Waals surface area contributed by atoms with Gasteiger partial charge < -0.3 is 25.0 Å². The number of alkyl carbamates (subject to hydrolysis) is 1. The predicted molar refractivity (Wildman–Crippen MR) is 130 cm³/mol. The molecule has 2 aromatic rings. The Kier molecular flexibility index (Phi) is 6.23. The van der Waals surface area contributed by atoms with E-state index in [9.17, 15) is 14.4 Å². The molecule has 2 fully saturated rings. The van der Waals surface area contributed by atoms with Crippen LogP contribution in [0, 0.1) is 11.8 Å². The van der Waals surface area contributed by atoms with Crippen molar-refractivity contribution in [1.82, 2.24) is 15.1 Å². The molecule has 2 N–H and O–H groups in total. The monoisotopic (exact) mass is 477 g/mol. The zero-order valence-corrected chi connectivity index (χ0v) is 20.0. The number of benzene rings is 2. The highest BCUT2D eigenvalue weighted by atomic mass is 16.5. The number of carbonyl (C=O) groups is 3. The van der Waals surface area contributed by atoms with Gasteiger partial charge in [-0.1, -0.05) is 48.5 Å². The van der Waals surface area contributed by atoms with Crippen LogP contribution in [0.1, 0.15) is 29.9 Å². The average Bonchev–Trinajstić information content (AvgIpc) is 3.19. The zero-order chi connectivity index (χ0) is 24.7. The molecule has 2 aromatic carbocycles. The van der Waals surface area contributed by atoms with Gasteiger partial charge in [-0.3, -0.25) is 9.59 Å². The minimum absolute atomic E-state index is 0.0291. The lowest BCUT2D eigenvalue weighted by molar-refractivity contribution is -0.138. The van der Waals surface area contributed by atoms with E-state index >= 15 is 0 Å². The molecule has 3 unspecified atom stereocenters. The fourth-order valence-corrected chi connectivity index (χ4v) is 5.97. The van der Waals surface area contributed by atoms with Gasteiger partial charge in [-0.2, -0.15) is 0 Å². The Labute approximate surface area is 204 Å². The average molecular weight is 478 g/mol. The summed E-state index contributed by atoms with van der Waals surface area (Å²) in [6.07, 6.45) is -0.881. The van der Waals surface area contributed by atoms with Gasteiger partial charge in [0.1, 0.15) is 12.6 Å². The molecular weight excluding hydrogens is 446 g/mol. The number of carbonyl (C=O) groups excluding carboxylic acids is 2. The Morgan fingerprint density at radius 1 is 1.03 bits per heavy atom. The van der Waals surface area contributed by atoms with E-state index in [1.54, 1.807) is 4.90 Å². The summed E-state index contributed by atoms with van der Waals surface area (Å²) in [5, 5.41) is 11.8. The molecule has 0 radical (unpaired) electrons. The minimum Gasteiger partial charge on any atom is -0.481 e. The Balaban J connectivity index is 1.22. The maximum Gasteiger partial charge on any atom is 0.407 e. The van der Waals surface area contributed by atoms with Crippen molar-refractivity contribution in [2.24, 2.45) is 11.8 Å². The first-order valence-electron chi connectivity index (χ1n) is 12.1. The summed E-state index contributed by atoms with van der Waals surface area (Å²) in [7, 11) is 4.09. The Morgan fingerprint density at radius 2 is 1.60 bits per heavy atom. The number of carboxylic acid groups (broad SMARTS) is 1. The maximum atomic E-state index is 13.2. The van der Waals surface area contributed by atoms with E-state index in [0.717, 1.165) is 22.3 Å². The van der Waals surface area contributed by atoms with Crippen molar-refractivity contribution in [2.45, 2.75) is 30.8 Å². The van der Waals surface area contributed by atoms with Crippen LogP contribution in [0.2, 0.25) is 0 Å². The van der Waals surface area contributed by atoms with Crippen LogP contribution < -0.4 is 5.32 Å². The molecule has 2 amide bonds. The van der Waals surface area contributed by atoms with Crippen LogP contribution in [0.5, 0.6) is 0 Å². The van der Waals surface area contributed by atoms with E-state index in [-0.39, 0.29) is 31.3 Å². The van der Waals surface area contributed by atoms with E-state index in [1.165, 1.54) is 0 Å². The summed E-state index contributed by atoms with van der Waals surface area (Å²) in [6.45, 7) is 1.42. The molecule has 5 rings (SSSR count). The summed E-state index contributed by atoms with van der Waals surface area (Å²) < 4.78 is 5.59. The second-order valence-corrected chi connectivity index (χ2v) is 9.98. The number of aliphatic carboxylic acids is 1. The van der Waals surface area contributed by atoms with E-state index in [4.69, 9.17) is 9.84 Å². The molecule has 1 saturated heterocycles. The molecule has 3 aliphatic rings. The fourth-order valence-electron chi connectivity index (χ4n) is 5.97. The van der Waals surface area contributed by atoms with Crippen LogP contribution in [0.15, 0.2) is 48.5 Å². The van der Waals surface area contributed by atoms with Crippen LogP contribution in [-0.4, -0.2) is 78.8 Å². The molecule has 1 saturated carbocycles. The van der Waals surface area contributed by atoms with Crippen molar-refractivity contribution in [3.8, 4) is 11.1 Å². The lowest BCUT2D eigenvalue weighted by Crippen LogP contribution is -2.49. The molecule has 0 aromatic heterocycles. The third kappa shape index (κ3) is 4.50. The second kappa shape index (κ2) is 9.34. The van der Waals surface area contributed by atoms with E-state index in [0.29, 0.717) is 31.0 Å². The maximum absolute atomic E-state index is 13.2. The smallest absolute Gasteiger partial charge is 0.407 e. The Bertz CT molecular complexity index is 1090. The second-order valence-electron chi connectivity index (χ2n) is 9.98. The number of hydrogen-bond acceptors (Lipinski definition) is 5. The predicted octanol–water partition coefficient (Wildman–Crippen LogP) is 2.78. The van der Waals surface area contributed by atoms with Gasteiger partial charge in [-0.25, -0.2) is 4.79 Å². The number of nitrogens with zero attached hydrogens (tertiary/aromatic N) is 2. The highest BCUT2D eigenvalue weighted by molar-refractivity contribution is 5.87. The minimum atomic E-state index is -1.01. The number of nitrogens with one attached hydrogen (secondary N) is 1. The van der Waals surface area contributed by atoms with Crippen LogP contribution >= 0.6 is 0 Å². The van der Waals surface area contributed by atoms with Gasteiger partial charge in [0.2, 0.25) is 5.91 Å². The number of piperidine rings is 1. The fraction of sp³-hybridized carbons (Fsp3) is 0.444. The van der Waals surface area contributed by atoms with E-state index in [1.807, 2.05) is 50.5 Å². The SMILES string of the molecule is CN(C)C1C2CN(C(=O)C(CCC(=O)O)NC(=O)OCC3c4ccccc4-c4ccccc43)CC21. The van der Waals surface area contributed by atoms with Crippen molar-refractivity contribution in [3.05, 3.63) is 59.7 Å². The van der Waals surface area contributed by atoms with Crippen LogP contribution in [0.3, 0.4) is 0 Å². The first-order chi connectivity index (χ1) is 16.8. The molecule has 0 bridgehead atoms. The molecule has 8 nitrogen and oxygen atoms in total. The molecule has 1 aliphatic heterocycles. The molecule has 2 aliphatic carbocycles. The third-order valence-corrected chi connectivity index (χ3v) is 7.64. The number of ether oxygens (including phenoxy) is 1. The summed E-state index contributed by atoms with van der Waals surface area (Å²) in [5.74, 6) is -0.430. The van der Waals surface area contributed by atoms with Gasteiger partial charge in [0, 0.05) is 31.5 Å². The van der Waals surface area contributed by atoms with Crippen molar-refractivity contribution in [1.29, 1.82) is 0 Å². The number of hydrogen-bond donors (Lipinski definition) is 2. The lowest BCUT2D eigenvalue weighted by atomic mass is 9.98. The van der Waals surface area contributed by atoms with Gasteiger partial charge in [0.25, 0.3) is 0 Å². The topological polar surface area (TPSA) is 99.2 Å². The Morgan fingerprint density at radius 3 is 2.14 bits per heavy atom. The summed E-state index contributed by atoms with van der Waals surface area (Å²) in [6, 6.07) is 15.7. The highest BCUT2D eigenvalue weighted by Gasteiger charge is 2.58. The van der Waals surface area contributed by atoms with Crippen LogP contribution in [0.4, 0.5) is 4.79 Å². The summed E-state index contributed by atoms with van der Waals surface area (Å²) >= 11 is 0. The summed E-state index contributed by atoms with van der Waals surface area (Å²) in [5.41, 5.74) is 4.48.